The number of thiazole rings is 1. The molecule has 1 aromatic heterocycles. The predicted molar refractivity (Wildman–Crippen MR) is 87.6 cm³/mol. The molecule has 102 valence electrons. The Morgan fingerprint density at radius 1 is 1.25 bits per heavy atom. The number of benzene rings is 2. The highest BCUT2D eigenvalue weighted by Gasteiger charge is 2.06. The Kier molecular flexibility index (Phi) is 3.89. The van der Waals surface area contributed by atoms with E-state index in [4.69, 9.17) is 4.74 Å². The molecule has 0 atom stereocenters. The molecule has 0 bridgehead atoms. The van der Waals surface area contributed by atoms with Gasteiger partial charge in [-0.15, -0.1) is 0 Å². The van der Waals surface area contributed by atoms with Gasteiger partial charge in [0.05, 0.1) is 17.3 Å². The Labute approximate surface area is 129 Å². The summed E-state index contributed by atoms with van der Waals surface area (Å²) >= 11 is 5.12. The topological polar surface area (TPSA) is 34.1 Å². The molecule has 3 rings (SSSR count). The molecule has 0 unspecified atom stereocenters. The third kappa shape index (κ3) is 2.78. The number of fused-ring (bicyclic) bond motifs is 1. The van der Waals surface area contributed by atoms with Crippen molar-refractivity contribution >= 4 is 42.6 Å². The minimum Gasteiger partial charge on any atom is -0.496 e. The molecule has 20 heavy (non-hydrogen) atoms. The highest BCUT2D eigenvalue weighted by Crippen LogP contribution is 2.29. The molecule has 0 aliphatic heterocycles. The Morgan fingerprint density at radius 2 is 2.10 bits per heavy atom. The van der Waals surface area contributed by atoms with Gasteiger partial charge in [0.25, 0.3) is 0 Å². The van der Waals surface area contributed by atoms with Crippen LogP contribution in [0.2, 0.25) is 0 Å². The van der Waals surface area contributed by atoms with Gasteiger partial charge in [0.1, 0.15) is 5.75 Å². The van der Waals surface area contributed by atoms with E-state index >= 15 is 0 Å². The number of halogens is 1. The number of methoxy groups -OCH3 is 1. The number of anilines is 1. The van der Waals surface area contributed by atoms with Crippen molar-refractivity contribution < 1.29 is 4.74 Å². The number of hydrogen-bond acceptors (Lipinski definition) is 4. The second-order valence-electron chi connectivity index (χ2n) is 4.30. The van der Waals surface area contributed by atoms with Crippen LogP contribution in [0.4, 0.5) is 5.13 Å². The number of aromatic nitrogens is 1. The number of para-hydroxylation sites is 1. The van der Waals surface area contributed by atoms with E-state index in [9.17, 15) is 0 Å². The smallest absolute Gasteiger partial charge is 0.184 e. The summed E-state index contributed by atoms with van der Waals surface area (Å²) in [5.74, 6) is 0.892. The highest BCUT2D eigenvalue weighted by molar-refractivity contribution is 9.10. The second kappa shape index (κ2) is 5.81. The average Bonchev–Trinajstić information content (AvgIpc) is 2.87. The standard InChI is InChI=1S/C15H13BrN2OS/c1-19-13-5-3-2-4-10(13)9-17-15-18-12-8-11(16)6-7-14(12)20-15/h2-8H,9H2,1H3,(H,17,18). The van der Waals surface area contributed by atoms with Gasteiger partial charge in [-0.1, -0.05) is 45.5 Å². The van der Waals surface area contributed by atoms with Crippen LogP contribution >= 0.6 is 27.3 Å². The molecule has 0 amide bonds. The van der Waals surface area contributed by atoms with Crippen LogP contribution in [0.15, 0.2) is 46.9 Å². The van der Waals surface area contributed by atoms with Crippen LogP contribution in [-0.4, -0.2) is 12.1 Å². The number of nitrogens with zero attached hydrogens (tertiary/aromatic N) is 1. The monoisotopic (exact) mass is 348 g/mol. The molecular weight excluding hydrogens is 336 g/mol. The van der Waals surface area contributed by atoms with Crippen molar-refractivity contribution in [1.29, 1.82) is 0 Å². The second-order valence-corrected chi connectivity index (χ2v) is 6.24. The van der Waals surface area contributed by atoms with Crippen LogP contribution in [0.1, 0.15) is 5.56 Å². The van der Waals surface area contributed by atoms with Gasteiger partial charge in [-0.25, -0.2) is 4.98 Å². The van der Waals surface area contributed by atoms with Crippen LogP contribution in [0.5, 0.6) is 5.75 Å². The highest BCUT2D eigenvalue weighted by atomic mass is 79.9. The molecule has 0 fully saturated rings. The maximum Gasteiger partial charge on any atom is 0.184 e. The summed E-state index contributed by atoms with van der Waals surface area (Å²) in [5, 5.41) is 4.28. The first-order valence-corrected chi connectivity index (χ1v) is 7.79. The summed E-state index contributed by atoms with van der Waals surface area (Å²) in [6.45, 7) is 0.699. The van der Waals surface area contributed by atoms with E-state index in [0.717, 1.165) is 26.4 Å². The lowest BCUT2D eigenvalue weighted by Crippen LogP contribution is -2.00. The van der Waals surface area contributed by atoms with Gasteiger partial charge in [0.2, 0.25) is 0 Å². The molecule has 2 aromatic carbocycles. The van der Waals surface area contributed by atoms with Gasteiger partial charge in [-0.3, -0.25) is 0 Å². The maximum absolute atomic E-state index is 5.35. The van der Waals surface area contributed by atoms with Crippen molar-refractivity contribution in [1.82, 2.24) is 4.98 Å². The zero-order valence-corrected chi connectivity index (χ0v) is 13.3. The molecule has 1 heterocycles. The third-order valence-electron chi connectivity index (χ3n) is 2.97. The van der Waals surface area contributed by atoms with Crippen molar-refractivity contribution in [3.8, 4) is 5.75 Å². The molecule has 0 aliphatic rings. The minimum absolute atomic E-state index is 0.699. The zero-order chi connectivity index (χ0) is 13.9. The van der Waals surface area contributed by atoms with Crippen molar-refractivity contribution in [2.45, 2.75) is 6.54 Å². The fourth-order valence-corrected chi connectivity index (χ4v) is 3.19. The Hall–Kier alpha value is -1.59. The van der Waals surface area contributed by atoms with Crippen LogP contribution in [-0.2, 0) is 6.54 Å². The molecule has 5 heteroatoms. The SMILES string of the molecule is COc1ccccc1CNc1nc2cc(Br)ccc2s1. The summed E-state index contributed by atoms with van der Waals surface area (Å²) in [6.07, 6.45) is 0. The number of nitrogens with one attached hydrogen (secondary N) is 1. The molecule has 0 spiro atoms. The van der Waals surface area contributed by atoms with Gasteiger partial charge in [0, 0.05) is 16.6 Å². The predicted octanol–water partition coefficient (Wildman–Crippen LogP) is 4.68. The lowest BCUT2D eigenvalue weighted by molar-refractivity contribution is 0.410. The molecule has 3 nitrogen and oxygen atoms in total. The summed E-state index contributed by atoms with van der Waals surface area (Å²) in [6, 6.07) is 14.1. The molecule has 0 aliphatic carbocycles. The first kappa shape index (κ1) is 13.4. The van der Waals surface area contributed by atoms with E-state index in [1.807, 2.05) is 30.3 Å². The largest absolute Gasteiger partial charge is 0.496 e. The van der Waals surface area contributed by atoms with Gasteiger partial charge in [-0.2, -0.15) is 0 Å². The van der Waals surface area contributed by atoms with Crippen LogP contribution in [0, 0.1) is 0 Å². The molecule has 0 saturated carbocycles. The Balaban J connectivity index is 1.79. The van der Waals surface area contributed by atoms with Crippen molar-refractivity contribution in [2.24, 2.45) is 0 Å². The number of ether oxygens (including phenoxy) is 1. The van der Waals surface area contributed by atoms with E-state index in [0.29, 0.717) is 6.54 Å². The van der Waals surface area contributed by atoms with Gasteiger partial charge in [-0.05, 0) is 24.3 Å². The normalized spacial score (nSPS) is 10.7. The van der Waals surface area contributed by atoms with E-state index in [2.05, 4.69) is 38.4 Å². The van der Waals surface area contributed by atoms with E-state index in [1.54, 1.807) is 18.4 Å². The fraction of sp³-hybridized carbons (Fsp3) is 0.133. The van der Waals surface area contributed by atoms with Crippen LogP contribution in [0.3, 0.4) is 0 Å². The van der Waals surface area contributed by atoms with E-state index in [-0.39, 0.29) is 0 Å². The Morgan fingerprint density at radius 3 is 2.95 bits per heavy atom. The summed E-state index contributed by atoms with van der Waals surface area (Å²) in [4.78, 5) is 4.58. The minimum atomic E-state index is 0.699. The number of rotatable bonds is 4. The van der Waals surface area contributed by atoms with Crippen molar-refractivity contribution in [2.75, 3.05) is 12.4 Å². The summed E-state index contributed by atoms with van der Waals surface area (Å²) < 4.78 is 7.57. The molecule has 3 aromatic rings. The lowest BCUT2D eigenvalue weighted by Gasteiger charge is -2.08. The third-order valence-corrected chi connectivity index (χ3v) is 4.46. The summed E-state index contributed by atoms with van der Waals surface area (Å²) in [5.41, 5.74) is 2.13. The van der Waals surface area contributed by atoms with Gasteiger partial charge < -0.3 is 10.1 Å². The molecule has 0 saturated heterocycles. The molecule has 0 radical (unpaired) electrons. The lowest BCUT2D eigenvalue weighted by atomic mass is 10.2. The van der Waals surface area contributed by atoms with Gasteiger partial charge >= 0.3 is 0 Å². The van der Waals surface area contributed by atoms with E-state index < -0.39 is 0 Å². The zero-order valence-electron chi connectivity index (χ0n) is 10.9. The van der Waals surface area contributed by atoms with Gasteiger partial charge in [0.15, 0.2) is 5.13 Å². The Bertz CT molecular complexity index is 742. The first-order chi connectivity index (χ1) is 9.76. The molecular formula is C15H13BrN2OS. The first-order valence-electron chi connectivity index (χ1n) is 6.18. The molecule has 1 N–H and O–H groups in total. The van der Waals surface area contributed by atoms with Crippen LogP contribution in [0.25, 0.3) is 10.2 Å². The quantitative estimate of drug-likeness (QED) is 0.743. The van der Waals surface area contributed by atoms with Crippen LogP contribution < -0.4 is 10.1 Å². The average molecular weight is 349 g/mol. The van der Waals surface area contributed by atoms with E-state index in [1.165, 1.54) is 4.70 Å². The van der Waals surface area contributed by atoms with Crippen molar-refractivity contribution in [3.63, 3.8) is 0 Å². The number of hydrogen-bond donors (Lipinski definition) is 1. The maximum atomic E-state index is 5.35. The summed E-state index contributed by atoms with van der Waals surface area (Å²) in [7, 11) is 1.69. The fourth-order valence-electron chi connectivity index (χ4n) is 2.00. The van der Waals surface area contributed by atoms with Crippen molar-refractivity contribution in [3.05, 3.63) is 52.5 Å².